The molecule has 7 heteroatoms. The van der Waals surface area contributed by atoms with E-state index in [1.165, 1.54) is 11.5 Å². The minimum Gasteiger partial charge on any atom is -0.304 e. The average Bonchev–Trinajstić information content (AvgIpc) is 2.98. The van der Waals surface area contributed by atoms with Crippen molar-refractivity contribution in [3.05, 3.63) is 27.4 Å². The number of aromatic nitrogens is 4. The second-order valence-electron chi connectivity index (χ2n) is 3.91. The molecule has 0 radical (unpaired) electrons. The van der Waals surface area contributed by atoms with Gasteiger partial charge >= 0.3 is 0 Å². The van der Waals surface area contributed by atoms with E-state index >= 15 is 0 Å². The van der Waals surface area contributed by atoms with Crippen LogP contribution in [0.2, 0.25) is 0 Å². The van der Waals surface area contributed by atoms with Crippen molar-refractivity contribution >= 4 is 27.5 Å². The first-order valence-corrected chi connectivity index (χ1v) is 7.56. The Hall–Kier alpha value is -0.790. The molecular formula is C11H16BrN5S. The minimum absolute atomic E-state index is 0.0958. The van der Waals surface area contributed by atoms with Crippen LogP contribution < -0.4 is 5.32 Å². The Morgan fingerprint density at radius 3 is 2.89 bits per heavy atom. The van der Waals surface area contributed by atoms with Crippen LogP contribution in [-0.4, -0.2) is 25.9 Å². The van der Waals surface area contributed by atoms with Crippen LogP contribution >= 0.6 is 27.5 Å². The zero-order chi connectivity index (χ0) is 13.0. The van der Waals surface area contributed by atoms with Crippen LogP contribution in [0.5, 0.6) is 0 Å². The molecule has 1 atom stereocenters. The molecule has 0 aliphatic rings. The second kappa shape index (κ2) is 6.40. The Kier molecular flexibility index (Phi) is 4.85. The van der Waals surface area contributed by atoms with E-state index < -0.39 is 0 Å². The number of aryl methyl sites for hydroxylation is 1. The second-order valence-corrected chi connectivity index (χ2v) is 5.58. The van der Waals surface area contributed by atoms with Crippen molar-refractivity contribution in [1.82, 2.24) is 24.7 Å². The third-order valence-corrected chi connectivity index (χ3v) is 3.95. The number of nitrogens with one attached hydrogen (secondary N) is 1. The predicted molar refractivity (Wildman–Crippen MR) is 75.6 cm³/mol. The minimum atomic E-state index is 0.0958. The van der Waals surface area contributed by atoms with E-state index in [1.54, 1.807) is 0 Å². The quantitative estimate of drug-likeness (QED) is 0.885. The topological polar surface area (TPSA) is 55.6 Å². The van der Waals surface area contributed by atoms with Crippen molar-refractivity contribution in [3.63, 3.8) is 0 Å². The van der Waals surface area contributed by atoms with Crippen LogP contribution in [0, 0.1) is 0 Å². The summed E-state index contributed by atoms with van der Waals surface area (Å²) in [5.74, 6) is 0. The molecule has 0 fully saturated rings. The summed E-state index contributed by atoms with van der Waals surface area (Å²) >= 11 is 5.00. The van der Waals surface area contributed by atoms with Gasteiger partial charge in [-0.1, -0.05) is 18.3 Å². The van der Waals surface area contributed by atoms with Gasteiger partial charge in [0, 0.05) is 6.54 Å². The van der Waals surface area contributed by atoms with Gasteiger partial charge in [0.05, 0.1) is 33.5 Å². The Morgan fingerprint density at radius 2 is 2.28 bits per heavy atom. The first-order chi connectivity index (χ1) is 8.77. The fourth-order valence-corrected chi connectivity index (χ4v) is 3.00. The molecule has 2 heterocycles. The number of halogens is 1. The van der Waals surface area contributed by atoms with E-state index in [2.05, 4.69) is 49.8 Å². The summed E-state index contributed by atoms with van der Waals surface area (Å²) in [4.78, 5) is 1.11. The van der Waals surface area contributed by atoms with E-state index in [0.29, 0.717) is 0 Å². The number of rotatable bonds is 6. The van der Waals surface area contributed by atoms with Crippen molar-refractivity contribution in [2.45, 2.75) is 32.9 Å². The molecule has 98 valence electrons. The molecular weight excluding hydrogens is 314 g/mol. The molecule has 2 rings (SSSR count). The van der Waals surface area contributed by atoms with Gasteiger partial charge in [0.2, 0.25) is 0 Å². The maximum atomic E-state index is 4.41. The van der Waals surface area contributed by atoms with Crippen LogP contribution in [-0.2, 0) is 6.54 Å². The fourth-order valence-electron chi connectivity index (χ4n) is 1.89. The highest BCUT2D eigenvalue weighted by Gasteiger charge is 2.22. The molecule has 0 aliphatic heterocycles. The highest BCUT2D eigenvalue weighted by molar-refractivity contribution is 9.10. The highest BCUT2D eigenvalue weighted by Crippen LogP contribution is 2.29. The van der Waals surface area contributed by atoms with E-state index in [0.717, 1.165) is 34.6 Å². The monoisotopic (exact) mass is 329 g/mol. The van der Waals surface area contributed by atoms with Crippen molar-refractivity contribution < 1.29 is 0 Å². The van der Waals surface area contributed by atoms with Gasteiger partial charge in [-0.3, -0.25) is 4.68 Å². The van der Waals surface area contributed by atoms with Crippen LogP contribution in [0.15, 0.2) is 16.9 Å². The molecule has 0 saturated carbocycles. The van der Waals surface area contributed by atoms with E-state index in [4.69, 9.17) is 0 Å². The summed E-state index contributed by atoms with van der Waals surface area (Å²) in [6.07, 6.45) is 4.72. The van der Waals surface area contributed by atoms with Crippen molar-refractivity contribution in [1.29, 1.82) is 0 Å². The molecule has 0 amide bonds. The first-order valence-electron chi connectivity index (χ1n) is 5.99. The maximum absolute atomic E-state index is 4.41. The van der Waals surface area contributed by atoms with Gasteiger partial charge in [-0.05, 0) is 40.4 Å². The molecule has 0 aromatic carbocycles. The molecule has 1 N–H and O–H groups in total. The number of nitrogens with zero attached hydrogens (tertiary/aromatic N) is 4. The van der Waals surface area contributed by atoms with Crippen LogP contribution in [0.3, 0.4) is 0 Å². The normalized spacial score (nSPS) is 12.8. The third-order valence-electron chi connectivity index (χ3n) is 2.61. The molecule has 5 nitrogen and oxygen atoms in total. The highest BCUT2D eigenvalue weighted by atomic mass is 79.9. The molecule has 0 spiro atoms. The van der Waals surface area contributed by atoms with Gasteiger partial charge in [0.15, 0.2) is 0 Å². The number of hydrogen-bond acceptors (Lipinski definition) is 5. The summed E-state index contributed by atoms with van der Waals surface area (Å²) in [6.45, 7) is 6.03. The van der Waals surface area contributed by atoms with Crippen LogP contribution in [0.1, 0.15) is 36.9 Å². The zero-order valence-electron chi connectivity index (χ0n) is 10.4. The summed E-state index contributed by atoms with van der Waals surface area (Å²) in [7, 11) is 0. The Bertz CT molecular complexity index is 482. The Balaban J connectivity index is 2.39. The smallest absolute Gasteiger partial charge is 0.0885 e. The molecule has 18 heavy (non-hydrogen) atoms. The summed E-state index contributed by atoms with van der Waals surface area (Å²) in [5, 5.41) is 11.8. The van der Waals surface area contributed by atoms with Crippen molar-refractivity contribution in [2.75, 3.05) is 6.54 Å². The van der Waals surface area contributed by atoms with Crippen LogP contribution in [0.4, 0.5) is 0 Å². The molecule has 0 saturated heterocycles. The lowest BCUT2D eigenvalue weighted by Gasteiger charge is -2.18. The maximum Gasteiger partial charge on any atom is 0.0885 e. The SMILES string of the molecule is CCCn1ncc(Br)c1C(NCC)c1cnns1. The van der Waals surface area contributed by atoms with Gasteiger partial charge in [-0.2, -0.15) is 5.10 Å². The van der Waals surface area contributed by atoms with E-state index in [9.17, 15) is 0 Å². The first kappa shape index (κ1) is 13.6. The predicted octanol–water partition coefficient (Wildman–Crippen LogP) is 2.61. The largest absolute Gasteiger partial charge is 0.304 e. The van der Waals surface area contributed by atoms with E-state index in [-0.39, 0.29) is 6.04 Å². The van der Waals surface area contributed by atoms with Gasteiger partial charge < -0.3 is 5.32 Å². The lowest BCUT2D eigenvalue weighted by atomic mass is 10.2. The van der Waals surface area contributed by atoms with Crippen LogP contribution in [0.25, 0.3) is 0 Å². The van der Waals surface area contributed by atoms with Gasteiger partial charge in [0.25, 0.3) is 0 Å². The molecule has 0 aliphatic carbocycles. The Morgan fingerprint density at radius 1 is 1.44 bits per heavy atom. The average molecular weight is 330 g/mol. The van der Waals surface area contributed by atoms with Gasteiger partial charge in [0.1, 0.15) is 0 Å². The molecule has 2 aromatic rings. The summed E-state index contributed by atoms with van der Waals surface area (Å²) in [5.41, 5.74) is 1.14. The lowest BCUT2D eigenvalue weighted by Crippen LogP contribution is -2.24. The van der Waals surface area contributed by atoms with Crippen molar-refractivity contribution in [2.24, 2.45) is 0 Å². The molecule has 1 unspecified atom stereocenters. The molecule has 0 bridgehead atoms. The van der Waals surface area contributed by atoms with E-state index in [1.807, 2.05) is 17.1 Å². The standard InChI is InChI=1S/C11H16BrN5S/c1-3-5-17-11(8(12)6-15-17)10(13-4-2)9-7-14-16-18-9/h6-7,10,13H,3-5H2,1-2H3. The van der Waals surface area contributed by atoms with Gasteiger partial charge in [-0.15, -0.1) is 5.10 Å². The molecule has 2 aromatic heterocycles. The van der Waals surface area contributed by atoms with Crippen molar-refractivity contribution in [3.8, 4) is 0 Å². The van der Waals surface area contributed by atoms with Gasteiger partial charge in [-0.25, -0.2) is 0 Å². The lowest BCUT2D eigenvalue weighted by molar-refractivity contribution is 0.522. The zero-order valence-corrected chi connectivity index (χ0v) is 12.8. The fraction of sp³-hybridized carbons (Fsp3) is 0.545. The summed E-state index contributed by atoms with van der Waals surface area (Å²) in [6, 6.07) is 0.0958. The summed E-state index contributed by atoms with van der Waals surface area (Å²) < 4.78 is 7.01. The Labute approximate surface area is 119 Å². The number of hydrogen-bond donors (Lipinski definition) is 1. The third kappa shape index (κ3) is 2.78.